The lowest BCUT2D eigenvalue weighted by Gasteiger charge is -2.33. The van der Waals surface area contributed by atoms with Crippen molar-refractivity contribution in [2.24, 2.45) is 0 Å². The molecule has 1 heterocycles. The molecule has 0 aromatic carbocycles. The fraction of sp³-hybridized carbons (Fsp3) is 0.778. The third-order valence-electron chi connectivity index (χ3n) is 2.67. The molecule has 0 bridgehead atoms. The molecule has 0 saturated carbocycles. The lowest BCUT2D eigenvalue weighted by Crippen LogP contribution is -2.45. The molecule has 1 N–H and O–H groups in total. The van der Waals surface area contributed by atoms with Crippen molar-refractivity contribution in [3.05, 3.63) is 11.1 Å². The van der Waals surface area contributed by atoms with Crippen LogP contribution in [0.4, 0.5) is 0 Å². The first kappa shape index (κ1) is 10.2. The summed E-state index contributed by atoms with van der Waals surface area (Å²) in [6.45, 7) is 9.72. The predicted octanol–water partition coefficient (Wildman–Crippen LogP) is 1.74. The third-order valence-corrected chi connectivity index (χ3v) is 2.92. The Kier molecular flexibility index (Phi) is 2.97. The first-order valence-corrected chi connectivity index (χ1v) is 5.00. The summed E-state index contributed by atoms with van der Waals surface area (Å²) < 4.78 is 0.977. The van der Waals surface area contributed by atoms with E-state index in [-0.39, 0.29) is 11.6 Å². The van der Waals surface area contributed by atoms with Gasteiger partial charge in [0.1, 0.15) is 0 Å². The Labute approximate surface area is 82.4 Å². The number of hydrogen-bond donors (Lipinski definition) is 1. The van der Waals surface area contributed by atoms with Crippen LogP contribution in [0.3, 0.4) is 0 Å². The molecule has 3 heteroatoms. The molecule has 1 aliphatic heterocycles. The molecule has 1 aliphatic rings. The molecule has 0 aromatic rings. The van der Waals surface area contributed by atoms with Gasteiger partial charge in [-0.25, -0.2) is 0 Å². The van der Waals surface area contributed by atoms with Gasteiger partial charge in [0, 0.05) is 23.1 Å². The van der Waals surface area contributed by atoms with E-state index >= 15 is 0 Å². The maximum Gasteiger partial charge on any atom is 0.0730 e. The summed E-state index contributed by atoms with van der Waals surface area (Å²) in [7, 11) is 0. The molecule has 0 aromatic heterocycles. The number of likely N-dealkylation sites (tertiary alicyclic amines) is 1. The van der Waals surface area contributed by atoms with Crippen molar-refractivity contribution in [3.63, 3.8) is 0 Å². The second-order valence-electron chi connectivity index (χ2n) is 3.90. The van der Waals surface area contributed by atoms with Gasteiger partial charge in [-0.1, -0.05) is 22.5 Å². The molecule has 0 spiro atoms. The van der Waals surface area contributed by atoms with E-state index in [1.807, 2.05) is 0 Å². The Morgan fingerprint density at radius 1 is 1.75 bits per heavy atom. The van der Waals surface area contributed by atoms with Crippen LogP contribution >= 0.6 is 15.9 Å². The van der Waals surface area contributed by atoms with Crippen LogP contribution in [0.2, 0.25) is 0 Å². The molecule has 0 radical (unpaired) electrons. The Balaban J connectivity index is 2.62. The van der Waals surface area contributed by atoms with Gasteiger partial charge in [0.2, 0.25) is 0 Å². The van der Waals surface area contributed by atoms with E-state index in [2.05, 4.69) is 41.3 Å². The maximum absolute atomic E-state index is 9.65. The van der Waals surface area contributed by atoms with Gasteiger partial charge in [0.15, 0.2) is 0 Å². The smallest absolute Gasteiger partial charge is 0.0730 e. The Morgan fingerprint density at radius 2 is 2.33 bits per heavy atom. The molecule has 1 saturated heterocycles. The molecular formula is C9H16BrNO. The maximum atomic E-state index is 9.65. The lowest BCUT2D eigenvalue weighted by atomic mass is 9.99. The van der Waals surface area contributed by atoms with Crippen molar-refractivity contribution in [1.82, 2.24) is 4.90 Å². The van der Waals surface area contributed by atoms with E-state index in [9.17, 15) is 5.11 Å². The molecule has 0 amide bonds. The van der Waals surface area contributed by atoms with Crippen LogP contribution < -0.4 is 0 Å². The molecule has 0 aliphatic carbocycles. The molecule has 1 atom stereocenters. The number of nitrogens with zero attached hydrogens (tertiary/aromatic N) is 1. The van der Waals surface area contributed by atoms with Crippen molar-refractivity contribution in [2.45, 2.75) is 31.9 Å². The minimum absolute atomic E-state index is 0.100. The summed E-state index contributed by atoms with van der Waals surface area (Å²) in [5, 5.41) is 9.65. The zero-order chi connectivity index (χ0) is 9.35. The van der Waals surface area contributed by atoms with E-state index in [0.29, 0.717) is 0 Å². The van der Waals surface area contributed by atoms with Crippen molar-refractivity contribution < 1.29 is 5.11 Å². The van der Waals surface area contributed by atoms with Gasteiger partial charge in [0.05, 0.1) is 6.10 Å². The van der Waals surface area contributed by atoms with Gasteiger partial charge >= 0.3 is 0 Å². The summed E-state index contributed by atoms with van der Waals surface area (Å²) in [5.41, 5.74) is -0.100. The summed E-state index contributed by atoms with van der Waals surface area (Å²) in [6, 6.07) is 0. The van der Waals surface area contributed by atoms with Crippen molar-refractivity contribution >= 4 is 15.9 Å². The van der Waals surface area contributed by atoms with Crippen LogP contribution in [0.15, 0.2) is 11.1 Å². The lowest BCUT2D eigenvalue weighted by molar-refractivity contribution is 0.0606. The monoisotopic (exact) mass is 233 g/mol. The first-order valence-electron chi connectivity index (χ1n) is 4.21. The Hall–Kier alpha value is 0.140. The third kappa shape index (κ3) is 1.90. The molecule has 70 valence electrons. The molecule has 12 heavy (non-hydrogen) atoms. The molecule has 1 unspecified atom stereocenters. The van der Waals surface area contributed by atoms with Crippen LogP contribution in [-0.2, 0) is 0 Å². The molecule has 1 fully saturated rings. The highest BCUT2D eigenvalue weighted by Gasteiger charge is 2.39. The largest absolute Gasteiger partial charge is 0.391 e. The van der Waals surface area contributed by atoms with Gasteiger partial charge in [-0.15, -0.1) is 0 Å². The van der Waals surface area contributed by atoms with Crippen molar-refractivity contribution in [3.8, 4) is 0 Å². The number of aliphatic hydroxyl groups is 1. The van der Waals surface area contributed by atoms with Crippen LogP contribution in [0.25, 0.3) is 0 Å². The van der Waals surface area contributed by atoms with Gasteiger partial charge in [-0.2, -0.15) is 0 Å². The predicted molar refractivity (Wildman–Crippen MR) is 54.3 cm³/mol. The summed E-state index contributed by atoms with van der Waals surface area (Å²) in [4.78, 5) is 2.24. The number of hydrogen-bond acceptors (Lipinski definition) is 2. The van der Waals surface area contributed by atoms with Crippen LogP contribution in [0.1, 0.15) is 20.3 Å². The molecular weight excluding hydrogens is 218 g/mol. The van der Waals surface area contributed by atoms with E-state index in [4.69, 9.17) is 0 Å². The zero-order valence-electron chi connectivity index (χ0n) is 7.68. The number of aliphatic hydroxyl groups excluding tert-OH is 1. The average Bonchev–Trinajstić information content (AvgIpc) is 2.15. The van der Waals surface area contributed by atoms with Crippen molar-refractivity contribution in [2.75, 3.05) is 13.1 Å². The Bertz CT molecular complexity index is 191. The summed E-state index contributed by atoms with van der Waals surface area (Å²) in [6.07, 6.45) is 0.664. The van der Waals surface area contributed by atoms with Gasteiger partial charge in [-0.3, -0.25) is 4.90 Å². The second kappa shape index (κ2) is 3.48. The normalized spacial score (nSPS) is 29.2. The standard InChI is InChI=1S/C9H16BrNO/c1-7(10)6-11-5-4-8(12)9(11,2)3/h8,12H,1,4-6H2,2-3H3. The zero-order valence-corrected chi connectivity index (χ0v) is 9.26. The highest BCUT2D eigenvalue weighted by molar-refractivity contribution is 9.11. The van der Waals surface area contributed by atoms with Gasteiger partial charge in [-0.05, 0) is 20.3 Å². The van der Waals surface area contributed by atoms with Gasteiger partial charge < -0.3 is 5.11 Å². The first-order chi connectivity index (χ1) is 5.44. The minimum Gasteiger partial charge on any atom is -0.391 e. The topological polar surface area (TPSA) is 23.5 Å². The van der Waals surface area contributed by atoms with Crippen LogP contribution in [0.5, 0.6) is 0 Å². The fourth-order valence-electron chi connectivity index (χ4n) is 1.62. The van der Waals surface area contributed by atoms with Gasteiger partial charge in [0.25, 0.3) is 0 Å². The van der Waals surface area contributed by atoms with E-state index < -0.39 is 0 Å². The highest BCUT2D eigenvalue weighted by atomic mass is 79.9. The minimum atomic E-state index is -0.204. The van der Waals surface area contributed by atoms with E-state index in [0.717, 1.165) is 24.0 Å². The summed E-state index contributed by atoms with van der Waals surface area (Å²) in [5.74, 6) is 0. The molecule has 2 nitrogen and oxygen atoms in total. The number of halogens is 1. The van der Waals surface area contributed by atoms with E-state index in [1.54, 1.807) is 0 Å². The quantitative estimate of drug-likeness (QED) is 0.786. The Morgan fingerprint density at radius 3 is 2.67 bits per heavy atom. The van der Waals surface area contributed by atoms with Crippen LogP contribution in [-0.4, -0.2) is 34.7 Å². The summed E-state index contributed by atoms with van der Waals surface area (Å²) >= 11 is 3.34. The van der Waals surface area contributed by atoms with Crippen LogP contribution in [0, 0.1) is 0 Å². The number of rotatable bonds is 2. The SMILES string of the molecule is C=C(Br)CN1CCC(O)C1(C)C. The fourth-order valence-corrected chi connectivity index (χ4v) is 1.92. The van der Waals surface area contributed by atoms with Crippen molar-refractivity contribution in [1.29, 1.82) is 0 Å². The van der Waals surface area contributed by atoms with E-state index in [1.165, 1.54) is 0 Å². The highest BCUT2D eigenvalue weighted by Crippen LogP contribution is 2.29. The molecule has 1 rings (SSSR count). The average molecular weight is 234 g/mol. The second-order valence-corrected chi connectivity index (χ2v) is 5.02.